The van der Waals surface area contributed by atoms with Crippen LogP contribution in [0.25, 0.3) is 88.3 Å². The maximum atomic E-state index is 9.70. The number of rotatable bonds is 5. The molecule has 0 atom stereocenters. The van der Waals surface area contributed by atoms with E-state index in [0.717, 1.165) is 0 Å². The molecule has 0 unspecified atom stereocenters. The van der Waals surface area contributed by atoms with Crippen LogP contribution >= 0.6 is 0 Å². The molecule has 0 aliphatic rings. The zero-order chi connectivity index (χ0) is 50.3. The second kappa shape index (κ2) is 11.3. The number of para-hydroxylation sites is 1. The molecular weight excluding hydrogens is 569 g/mol. The van der Waals surface area contributed by atoms with Crippen LogP contribution in [-0.2, 0) is 0 Å². The fourth-order valence-corrected chi connectivity index (χ4v) is 5.83. The van der Waals surface area contributed by atoms with Gasteiger partial charge >= 0.3 is 0 Å². The molecule has 0 N–H and O–H groups in total. The van der Waals surface area contributed by atoms with E-state index in [1.807, 2.05) is 0 Å². The van der Waals surface area contributed by atoms with Crippen LogP contribution in [-0.4, -0.2) is 0 Å². The number of furan rings is 1. The molecule has 1 heterocycles. The van der Waals surface area contributed by atoms with Gasteiger partial charge in [-0.25, -0.2) is 0 Å². The number of benzene rings is 8. The summed E-state index contributed by atoms with van der Waals surface area (Å²) >= 11 is 0. The van der Waals surface area contributed by atoms with Gasteiger partial charge in [-0.2, -0.15) is 0 Å². The summed E-state index contributed by atoms with van der Waals surface area (Å²) in [5.74, 6) is -0.538. The molecule has 0 spiro atoms. The van der Waals surface area contributed by atoms with Crippen LogP contribution in [0.2, 0.25) is 0 Å². The Morgan fingerprint density at radius 1 is 0.362 bits per heavy atom. The molecule has 9 rings (SSSR count). The average Bonchev–Trinajstić information content (AvgIpc) is 3.72. The Morgan fingerprint density at radius 2 is 0.915 bits per heavy atom. The van der Waals surface area contributed by atoms with E-state index in [4.69, 9.17) is 26.3 Å². The summed E-state index contributed by atoms with van der Waals surface area (Å²) in [5.41, 5.74) is -3.26. The van der Waals surface area contributed by atoms with Gasteiger partial charge in [-0.15, -0.1) is 0 Å². The molecule has 0 saturated carbocycles. The average molecular weight is 621 g/mol. The van der Waals surface area contributed by atoms with Crippen molar-refractivity contribution in [1.82, 2.24) is 0 Å². The zero-order valence-corrected chi connectivity index (χ0v) is 24.0. The summed E-state index contributed by atoms with van der Waals surface area (Å²) < 4.78 is 204. The van der Waals surface area contributed by atoms with Gasteiger partial charge in [0.15, 0.2) is 0 Å². The molecule has 0 aliphatic carbocycles. The van der Waals surface area contributed by atoms with Crippen molar-refractivity contribution in [3.63, 3.8) is 0 Å². The molecule has 1 nitrogen and oxygen atoms in total. The first-order valence-electron chi connectivity index (χ1n) is 25.3. The first kappa shape index (κ1) is 12.9. The van der Waals surface area contributed by atoms with Crippen molar-refractivity contribution in [3.8, 4) is 55.8 Å². The van der Waals surface area contributed by atoms with E-state index in [1.54, 1.807) is 30.3 Å². The lowest BCUT2D eigenvalue weighted by Crippen LogP contribution is -1.91. The van der Waals surface area contributed by atoms with E-state index < -0.39 is 182 Å². The van der Waals surface area contributed by atoms with Gasteiger partial charge in [0.05, 0.1) is 30.2 Å². The van der Waals surface area contributed by atoms with E-state index in [-0.39, 0.29) is 38.8 Å². The van der Waals surface area contributed by atoms with Crippen LogP contribution in [0.5, 0.6) is 0 Å². The van der Waals surface area contributed by atoms with Crippen molar-refractivity contribution in [1.29, 1.82) is 0 Å². The molecule has 8 aromatic carbocycles. The van der Waals surface area contributed by atoms with E-state index in [1.165, 1.54) is 18.2 Å². The lowest BCUT2D eigenvalue weighted by molar-refractivity contribution is 0.633. The summed E-state index contributed by atoms with van der Waals surface area (Å²) in [5, 5.41) is -2.34. The molecule has 0 bridgehead atoms. The van der Waals surface area contributed by atoms with Gasteiger partial charge in [0.2, 0.25) is 0 Å². The molecule has 0 aliphatic heterocycles. The van der Waals surface area contributed by atoms with Gasteiger partial charge in [-0.3, -0.25) is 0 Å². The Hall–Kier alpha value is -6.18. The maximum absolute atomic E-state index is 9.70. The van der Waals surface area contributed by atoms with Gasteiger partial charge in [-0.05, 0) is 55.4 Å². The Bertz CT molecular complexity index is 3670. The highest BCUT2D eigenvalue weighted by Crippen LogP contribution is 2.50. The number of fused-ring (bicyclic) bond motifs is 3. The van der Waals surface area contributed by atoms with Crippen molar-refractivity contribution in [2.24, 2.45) is 0 Å². The standard InChI is InChI=1S/C46H30O/c1-4-16-31(17-5-1)34-22-14-23-35(30-34)45-44(41-29-15-28-36(46(41)47-45)32-18-6-2-7-19-32)43-39-26-12-10-24-37(39)42(33-20-8-3-9-21-33)38-25-11-13-27-40(38)43/h1-30H/i2D,3D,6D,7D,8D,9D,10D,11D,12D,13D,14D,18D,19D,20D,21D,22D,23D,24D,25D,26D,27D,30D. The zero-order valence-electron chi connectivity index (χ0n) is 46.0. The molecule has 1 heteroatoms. The van der Waals surface area contributed by atoms with Crippen molar-refractivity contribution in [3.05, 3.63) is 181 Å². The summed E-state index contributed by atoms with van der Waals surface area (Å²) in [6, 6.07) is -5.19. The number of hydrogen-bond acceptors (Lipinski definition) is 1. The summed E-state index contributed by atoms with van der Waals surface area (Å²) in [6.45, 7) is 0. The van der Waals surface area contributed by atoms with Crippen LogP contribution in [0, 0.1) is 0 Å². The lowest BCUT2D eigenvalue weighted by Gasteiger charge is -2.18. The van der Waals surface area contributed by atoms with Gasteiger partial charge in [-0.1, -0.05) is 175 Å². The molecular formula is C46H30O. The van der Waals surface area contributed by atoms with Crippen molar-refractivity contribution in [2.45, 2.75) is 0 Å². The summed E-state index contributed by atoms with van der Waals surface area (Å²) in [4.78, 5) is 0. The largest absolute Gasteiger partial charge is 0.455 e. The van der Waals surface area contributed by atoms with E-state index >= 15 is 0 Å². The van der Waals surface area contributed by atoms with Crippen molar-refractivity contribution >= 4 is 32.5 Å². The van der Waals surface area contributed by atoms with Crippen molar-refractivity contribution < 1.29 is 34.6 Å². The normalized spacial score (nSPS) is 18.0. The van der Waals surface area contributed by atoms with Crippen LogP contribution in [0.3, 0.4) is 0 Å². The van der Waals surface area contributed by atoms with Crippen LogP contribution in [0.1, 0.15) is 30.2 Å². The fourth-order valence-electron chi connectivity index (χ4n) is 5.83. The fraction of sp³-hybridized carbons (Fsp3) is 0. The van der Waals surface area contributed by atoms with Gasteiger partial charge < -0.3 is 4.42 Å². The minimum absolute atomic E-state index is 0.117. The second-order valence-electron chi connectivity index (χ2n) is 10.4. The molecule has 0 radical (unpaired) electrons. The molecule has 9 aromatic rings. The third kappa shape index (κ3) is 4.56. The summed E-state index contributed by atoms with van der Waals surface area (Å²) in [6.07, 6.45) is 0. The van der Waals surface area contributed by atoms with E-state index in [9.17, 15) is 8.22 Å². The molecule has 220 valence electrons. The molecule has 1 aromatic heterocycles. The molecule has 0 amide bonds. The second-order valence-corrected chi connectivity index (χ2v) is 10.4. The van der Waals surface area contributed by atoms with E-state index in [0.29, 0.717) is 0 Å². The highest BCUT2D eigenvalue weighted by atomic mass is 16.3. The van der Waals surface area contributed by atoms with Crippen LogP contribution in [0.15, 0.2) is 186 Å². The topological polar surface area (TPSA) is 13.1 Å². The number of hydrogen-bond donors (Lipinski definition) is 0. The van der Waals surface area contributed by atoms with Crippen LogP contribution in [0.4, 0.5) is 0 Å². The Labute approximate surface area is 304 Å². The molecule has 0 saturated heterocycles. The Kier molecular flexibility index (Phi) is 3.11. The lowest BCUT2D eigenvalue weighted by atomic mass is 9.84. The Balaban J connectivity index is 1.65. The van der Waals surface area contributed by atoms with Gasteiger partial charge in [0.1, 0.15) is 11.3 Å². The third-order valence-electron chi connectivity index (χ3n) is 7.77. The molecule has 0 fully saturated rings. The first-order chi connectivity index (χ1) is 32.5. The SMILES string of the molecule is [2H]c1c([2H])c([2H])c(-c2cccc3c(-c4c5c([2H])c([2H])c([2H])c([2H])c5c(-c5c([2H])c([2H])c([2H])c([2H])c5[2H])c5c([2H])c([2H])c([2H])c([2H])c45)c(-c4c([2H])c([2H])c([2H])c(-c5ccccc5)c4[2H])oc23)c([2H])c1[2H]. The van der Waals surface area contributed by atoms with E-state index in [2.05, 4.69) is 0 Å². The van der Waals surface area contributed by atoms with Gasteiger partial charge in [0, 0.05) is 27.6 Å². The minimum atomic E-state index is -0.882. The quantitative estimate of drug-likeness (QED) is 0.174. The molecule has 47 heavy (non-hydrogen) atoms. The van der Waals surface area contributed by atoms with Crippen molar-refractivity contribution in [2.75, 3.05) is 0 Å². The Morgan fingerprint density at radius 3 is 1.57 bits per heavy atom. The smallest absolute Gasteiger partial charge is 0.143 e. The highest BCUT2D eigenvalue weighted by Gasteiger charge is 2.25. The third-order valence-corrected chi connectivity index (χ3v) is 7.77. The minimum Gasteiger partial charge on any atom is -0.455 e. The predicted octanol–water partition coefficient (Wildman–Crippen LogP) is 13.1. The first-order valence-corrected chi connectivity index (χ1v) is 14.3. The predicted molar refractivity (Wildman–Crippen MR) is 198 cm³/mol. The highest BCUT2D eigenvalue weighted by molar-refractivity contribution is 6.25. The van der Waals surface area contributed by atoms with Crippen LogP contribution < -0.4 is 0 Å². The monoisotopic (exact) mass is 620 g/mol. The van der Waals surface area contributed by atoms with Gasteiger partial charge in [0.25, 0.3) is 0 Å². The maximum Gasteiger partial charge on any atom is 0.143 e. The summed E-state index contributed by atoms with van der Waals surface area (Å²) in [7, 11) is 0.